The molecule has 0 aliphatic heterocycles. The second-order valence-electron chi connectivity index (χ2n) is 9.70. The number of hydrogen-bond acceptors (Lipinski definition) is 5. The van der Waals surface area contributed by atoms with E-state index in [2.05, 4.69) is 72.6 Å². The first-order chi connectivity index (χ1) is 16.4. The van der Waals surface area contributed by atoms with Gasteiger partial charge in [-0.25, -0.2) is 9.48 Å². The van der Waals surface area contributed by atoms with Crippen molar-refractivity contribution >= 4 is 0 Å². The van der Waals surface area contributed by atoms with Gasteiger partial charge in [-0.1, -0.05) is 95.5 Å². The van der Waals surface area contributed by atoms with E-state index in [4.69, 9.17) is 5.10 Å². The predicted molar refractivity (Wildman–Crippen MR) is 133 cm³/mol. The van der Waals surface area contributed by atoms with Crippen LogP contribution in [0.4, 0.5) is 0 Å². The molecule has 0 spiro atoms. The molecule has 0 bridgehead atoms. The molecular formula is C26H33N7O. The van der Waals surface area contributed by atoms with Crippen LogP contribution in [0.1, 0.15) is 64.8 Å². The van der Waals surface area contributed by atoms with Crippen molar-refractivity contribution in [1.29, 1.82) is 0 Å². The molecule has 0 radical (unpaired) electrons. The zero-order valence-corrected chi connectivity index (χ0v) is 20.5. The molecule has 4 rings (SSSR count). The van der Waals surface area contributed by atoms with Crippen LogP contribution >= 0.6 is 0 Å². The number of rotatable bonds is 9. The summed E-state index contributed by atoms with van der Waals surface area (Å²) >= 11 is 0. The van der Waals surface area contributed by atoms with E-state index in [1.54, 1.807) is 4.68 Å². The third-order valence-corrected chi connectivity index (χ3v) is 5.94. The van der Waals surface area contributed by atoms with Crippen LogP contribution in [-0.4, -0.2) is 35.0 Å². The average molecular weight is 460 g/mol. The van der Waals surface area contributed by atoms with Gasteiger partial charge >= 0.3 is 5.69 Å². The lowest BCUT2D eigenvalue weighted by atomic mass is 9.95. The Morgan fingerprint density at radius 1 is 0.941 bits per heavy atom. The normalized spacial score (nSPS) is 11.8. The lowest BCUT2D eigenvalue weighted by Gasteiger charge is -2.18. The van der Waals surface area contributed by atoms with Gasteiger partial charge in [-0.15, -0.1) is 10.2 Å². The van der Waals surface area contributed by atoms with Gasteiger partial charge in [-0.2, -0.15) is 10.3 Å². The van der Waals surface area contributed by atoms with Gasteiger partial charge in [-0.3, -0.25) is 4.57 Å². The van der Waals surface area contributed by atoms with Gasteiger partial charge < -0.3 is 0 Å². The molecular weight excluding hydrogens is 426 g/mol. The summed E-state index contributed by atoms with van der Waals surface area (Å²) in [5.41, 5.74) is 3.80. The van der Waals surface area contributed by atoms with Crippen molar-refractivity contribution in [2.24, 2.45) is 0 Å². The first-order valence-electron chi connectivity index (χ1n) is 12.0. The zero-order valence-electron chi connectivity index (χ0n) is 20.5. The molecule has 1 N–H and O–H groups in total. The van der Waals surface area contributed by atoms with Crippen LogP contribution in [0.5, 0.6) is 0 Å². The predicted octanol–water partition coefficient (Wildman–Crippen LogP) is 4.82. The monoisotopic (exact) mass is 459 g/mol. The fraction of sp³-hybridized carbons (Fsp3) is 0.423. The Balaban J connectivity index is 1.60. The largest absolute Gasteiger partial charge is 0.346 e. The summed E-state index contributed by atoms with van der Waals surface area (Å²) in [7, 11) is 0. The molecule has 0 aliphatic carbocycles. The third-order valence-electron chi connectivity index (χ3n) is 5.94. The second-order valence-corrected chi connectivity index (χ2v) is 9.70. The molecule has 2 aromatic carbocycles. The van der Waals surface area contributed by atoms with Crippen molar-refractivity contribution in [1.82, 2.24) is 35.0 Å². The topological polar surface area (TPSA) is 94.3 Å². The quantitative estimate of drug-likeness (QED) is 0.362. The highest BCUT2D eigenvalue weighted by Crippen LogP contribution is 2.30. The average Bonchev–Trinajstić information content (AvgIpc) is 3.47. The Morgan fingerprint density at radius 3 is 2.32 bits per heavy atom. The molecule has 178 valence electrons. The summed E-state index contributed by atoms with van der Waals surface area (Å²) in [6, 6.07) is 16.3. The Labute approximate surface area is 200 Å². The first kappa shape index (κ1) is 23.6. The number of aromatic nitrogens is 7. The highest BCUT2D eigenvalue weighted by atomic mass is 16.2. The third kappa shape index (κ3) is 5.16. The molecule has 0 amide bonds. The fourth-order valence-corrected chi connectivity index (χ4v) is 4.15. The Bertz CT molecular complexity index is 1260. The van der Waals surface area contributed by atoms with E-state index in [-0.39, 0.29) is 11.1 Å². The molecule has 8 nitrogen and oxygen atoms in total. The van der Waals surface area contributed by atoms with Crippen molar-refractivity contribution in [2.45, 2.75) is 71.9 Å². The number of aromatic amines is 1. The minimum atomic E-state index is -0.225. The number of aryl methyl sites for hydroxylation is 1. The van der Waals surface area contributed by atoms with Crippen molar-refractivity contribution in [2.75, 3.05) is 0 Å². The van der Waals surface area contributed by atoms with Crippen molar-refractivity contribution in [3.63, 3.8) is 0 Å². The maximum atomic E-state index is 13.2. The van der Waals surface area contributed by atoms with Crippen LogP contribution in [0, 0.1) is 0 Å². The van der Waals surface area contributed by atoms with Crippen LogP contribution in [0.15, 0.2) is 53.3 Å². The van der Waals surface area contributed by atoms with Crippen LogP contribution in [0.2, 0.25) is 0 Å². The van der Waals surface area contributed by atoms with Crippen molar-refractivity contribution in [3.8, 4) is 22.5 Å². The standard InChI is InChI=1S/C26H33N7O/c1-5-6-7-10-17-33-25(34)32(24(29-33)26(2,3)4)18-19-13-15-20(16-14-19)21-11-8-9-12-22(21)23-27-30-31-28-23/h8-9,11-16H,5-7,10,17-18H2,1-4H3,(H,27,28,30,31). The second kappa shape index (κ2) is 10.2. The van der Waals surface area contributed by atoms with Gasteiger partial charge in [0.2, 0.25) is 5.82 Å². The van der Waals surface area contributed by atoms with E-state index in [9.17, 15) is 4.79 Å². The minimum absolute atomic E-state index is 0.0343. The van der Waals surface area contributed by atoms with E-state index in [0.29, 0.717) is 18.9 Å². The van der Waals surface area contributed by atoms with Crippen LogP contribution in [0.3, 0.4) is 0 Å². The number of hydrogen-bond donors (Lipinski definition) is 1. The Morgan fingerprint density at radius 2 is 1.68 bits per heavy atom. The molecule has 0 fully saturated rings. The lowest BCUT2D eigenvalue weighted by molar-refractivity contribution is 0.493. The van der Waals surface area contributed by atoms with Gasteiger partial charge in [0.1, 0.15) is 5.82 Å². The summed E-state index contributed by atoms with van der Waals surface area (Å²) in [5.74, 6) is 1.38. The molecule has 8 heteroatoms. The molecule has 0 aliphatic rings. The minimum Gasteiger partial charge on any atom is -0.274 e. The van der Waals surface area contributed by atoms with E-state index < -0.39 is 0 Å². The first-order valence-corrected chi connectivity index (χ1v) is 12.0. The van der Waals surface area contributed by atoms with Crippen LogP contribution < -0.4 is 5.69 Å². The molecule has 2 heterocycles. The molecule has 2 aromatic heterocycles. The van der Waals surface area contributed by atoms with E-state index in [1.807, 2.05) is 28.8 Å². The highest BCUT2D eigenvalue weighted by molar-refractivity contribution is 5.80. The molecule has 0 unspecified atom stereocenters. The summed E-state index contributed by atoms with van der Waals surface area (Å²) in [5, 5.41) is 19.2. The maximum Gasteiger partial charge on any atom is 0.346 e. The van der Waals surface area contributed by atoms with Gasteiger partial charge in [0.05, 0.1) is 6.54 Å². The molecule has 4 aromatic rings. The maximum absolute atomic E-state index is 13.2. The smallest absolute Gasteiger partial charge is 0.274 e. The van der Waals surface area contributed by atoms with E-state index in [1.165, 1.54) is 12.8 Å². The van der Waals surface area contributed by atoms with Gasteiger partial charge in [-0.05, 0) is 28.3 Å². The van der Waals surface area contributed by atoms with Crippen LogP contribution in [-0.2, 0) is 18.5 Å². The number of tetrazole rings is 1. The van der Waals surface area contributed by atoms with Crippen molar-refractivity contribution in [3.05, 3.63) is 70.4 Å². The zero-order chi connectivity index (χ0) is 24.1. The number of nitrogens with one attached hydrogen (secondary N) is 1. The molecule has 0 saturated carbocycles. The van der Waals surface area contributed by atoms with Gasteiger partial charge in [0.25, 0.3) is 0 Å². The van der Waals surface area contributed by atoms with Gasteiger partial charge in [0.15, 0.2) is 0 Å². The summed E-state index contributed by atoms with van der Waals surface area (Å²) < 4.78 is 3.47. The summed E-state index contributed by atoms with van der Waals surface area (Å²) in [6.07, 6.45) is 4.45. The SMILES string of the molecule is CCCCCCn1nc(C(C)(C)C)n(Cc2ccc(-c3ccccc3-c3nn[nH]n3)cc2)c1=O. The number of H-pyrrole nitrogens is 1. The summed E-state index contributed by atoms with van der Waals surface area (Å²) in [6.45, 7) is 9.65. The van der Waals surface area contributed by atoms with Gasteiger partial charge in [0, 0.05) is 17.5 Å². The highest BCUT2D eigenvalue weighted by Gasteiger charge is 2.24. The number of benzene rings is 2. The molecule has 0 saturated heterocycles. The fourth-order valence-electron chi connectivity index (χ4n) is 4.15. The lowest BCUT2D eigenvalue weighted by Crippen LogP contribution is -2.28. The van der Waals surface area contributed by atoms with E-state index in [0.717, 1.165) is 40.9 Å². The number of nitrogens with zero attached hydrogens (tertiary/aromatic N) is 6. The van der Waals surface area contributed by atoms with Crippen molar-refractivity contribution < 1.29 is 0 Å². The Hall–Kier alpha value is -3.55. The number of unbranched alkanes of at least 4 members (excludes halogenated alkanes) is 3. The summed E-state index contributed by atoms with van der Waals surface area (Å²) in [4.78, 5) is 13.2. The Kier molecular flexibility index (Phi) is 7.05. The van der Waals surface area contributed by atoms with E-state index >= 15 is 0 Å². The van der Waals surface area contributed by atoms with Crippen LogP contribution in [0.25, 0.3) is 22.5 Å². The molecule has 34 heavy (non-hydrogen) atoms. The molecule has 0 atom stereocenters.